The lowest BCUT2D eigenvalue weighted by atomic mass is 9.74. The molecule has 0 saturated carbocycles. The minimum Gasteiger partial charge on any atom is -0.466 e. The fourth-order valence-corrected chi connectivity index (χ4v) is 12.1. The van der Waals surface area contributed by atoms with Crippen molar-refractivity contribution >= 4 is 31.9 Å². The Kier molecular flexibility index (Phi) is 13.5. The molecule has 9 rings (SSSR count). The zero-order valence-electron chi connectivity index (χ0n) is 36.9. The van der Waals surface area contributed by atoms with Crippen molar-refractivity contribution in [1.29, 1.82) is 0 Å². The first-order valence-electron chi connectivity index (χ1n) is 23.5. The van der Waals surface area contributed by atoms with Gasteiger partial charge in [-0.05, 0) is 99.9 Å². The van der Waals surface area contributed by atoms with Gasteiger partial charge in [-0.25, -0.2) is 0 Å². The largest absolute Gasteiger partial charge is 0.466 e. The summed E-state index contributed by atoms with van der Waals surface area (Å²) in [4.78, 5) is 0. The number of benzene rings is 4. The maximum absolute atomic E-state index is 7.13. The number of unbranched alkanes of at least 4 members (excludes halogenated alkanes) is 8. The van der Waals surface area contributed by atoms with Crippen LogP contribution in [-0.2, 0) is 10.3 Å². The van der Waals surface area contributed by atoms with Crippen molar-refractivity contribution in [3.8, 4) is 40.2 Å². The Morgan fingerprint density at radius 1 is 0.452 bits per heavy atom. The van der Waals surface area contributed by atoms with E-state index in [1.165, 1.54) is 0 Å². The van der Waals surface area contributed by atoms with Gasteiger partial charge in [-0.2, -0.15) is 0 Å². The summed E-state index contributed by atoms with van der Waals surface area (Å²) in [6.07, 6.45) is 16.7. The highest BCUT2D eigenvalue weighted by Gasteiger charge is 2.45. The van der Waals surface area contributed by atoms with Crippen molar-refractivity contribution in [2.24, 2.45) is 0 Å². The van der Waals surface area contributed by atoms with Crippen LogP contribution < -0.4 is 33.2 Å². The molecule has 0 amide bonds. The van der Waals surface area contributed by atoms with Crippen LogP contribution in [0.3, 0.4) is 0 Å². The van der Waals surface area contributed by atoms with Gasteiger partial charge in [0.25, 0.3) is 0 Å². The van der Waals surface area contributed by atoms with E-state index in [0.29, 0.717) is 0 Å². The van der Waals surface area contributed by atoms with Crippen LogP contribution in [0.4, 0.5) is 0 Å². The molecule has 62 heavy (non-hydrogen) atoms. The molecule has 4 unspecified atom stereocenters. The summed E-state index contributed by atoms with van der Waals surface area (Å²) in [7, 11) is 0. The van der Waals surface area contributed by atoms with Gasteiger partial charge >= 0.3 is 0 Å². The molecule has 5 aliphatic rings. The number of hydrogen-bond acceptors (Lipinski definition) is 8. The second-order valence-corrected chi connectivity index (χ2v) is 19.3. The third-order valence-corrected chi connectivity index (χ3v) is 15.4. The molecule has 0 fully saturated rings. The van der Waals surface area contributed by atoms with E-state index in [1.807, 2.05) is 0 Å². The predicted molar refractivity (Wildman–Crippen MR) is 249 cm³/mol. The van der Waals surface area contributed by atoms with Crippen LogP contribution in [0.25, 0.3) is 0 Å². The van der Waals surface area contributed by atoms with Crippen LogP contribution in [0.2, 0.25) is 0 Å². The zero-order valence-corrected chi connectivity index (χ0v) is 40.1. The van der Waals surface area contributed by atoms with Crippen molar-refractivity contribution in [3.63, 3.8) is 0 Å². The van der Waals surface area contributed by atoms with Crippen LogP contribution >= 0.6 is 31.9 Å². The lowest BCUT2D eigenvalue weighted by Gasteiger charge is -2.42. The molecule has 10 heteroatoms. The van der Waals surface area contributed by atoms with Gasteiger partial charge in [0.2, 0.25) is 20.4 Å². The molecule has 332 valence electrons. The molecule has 1 aliphatic carbocycles. The average molecular weight is 975 g/mol. The van der Waals surface area contributed by atoms with E-state index in [1.54, 1.807) is 0 Å². The summed E-state index contributed by atoms with van der Waals surface area (Å²) in [5.41, 5.74) is 8.24. The molecule has 0 N–H and O–H groups in total. The van der Waals surface area contributed by atoms with Gasteiger partial charge in [-0.15, -0.1) is 0 Å². The standard InChI is InChI=1S/C52H62Br2O8/c1-5-9-13-17-33-36-23-32-20-21-43(36)55-28-58-48-39(33)25-40-34(18-14-10-6-2)37-24-38-35(19-15-11-7-3)41-26-42-51(61-31-62-52(32,42)22-16-12-8-4)47(54)50(41)60-30-57-45(38)27-44(37)56-29-59-49(40)46(48)53/h20-21,23-27,33-35H,5-19,22,28-31H2,1-4H3. The summed E-state index contributed by atoms with van der Waals surface area (Å²) in [6, 6.07) is 16.1. The fourth-order valence-electron chi connectivity index (χ4n) is 10.7. The first kappa shape index (κ1) is 43.6. The number of fused-ring (bicyclic) bond motifs is 2. The van der Waals surface area contributed by atoms with Gasteiger partial charge < -0.3 is 37.9 Å². The van der Waals surface area contributed by atoms with E-state index in [-0.39, 0.29) is 44.9 Å². The Hall–Kier alpha value is -3.60. The third-order valence-electron chi connectivity index (χ3n) is 13.9. The average Bonchev–Trinajstić information content (AvgIpc) is 3.26. The van der Waals surface area contributed by atoms with E-state index in [9.17, 15) is 0 Å². The highest BCUT2D eigenvalue weighted by molar-refractivity contribution is 9.11. The number of rotatable bonds is 16. The summed E-state index contributed by atoms with van der Waals surface area (Å²) in [5.74, 6) is 5.40. The smallest absolute Gasteiger partial charge is 0.230 e. The van der Waals surface area contributed by atoms with Gasteiger partial charge in [-0.1, -0.05) is 104 Å². The number of ether oxygens (including phenoxy) is 8. The molecule has 4 heterocycles. The van der Waals surface area contributed by atoms with E-state index >= 15 is 0 Å². The highest BCUT2D eigenvalue weighted by Crippen LogP contribution is 2.58. The van der Waals surface area contributed by atoms with Crippen molar-refractivity contribution in [2.45, 2.75) is 154 Å². The van der Waals surface area contributed by atoms with E-state index in [0.717, 1.165) is 196 Å². The summed E-state index contributed by atoms with van der Waals surface area (Å²) in [5, 5.41) is 0. The highest BCUT2D eigenvalue weighted by atomic mass is 79.9. The quantitative estimate of drug-likeness (QED) is 0.103. The fraction of sp³-hybridized carbons (Fsp3) is 0.538. The normalized spacial score (nSPS) is 21.3. The van der Waals surface area contributed by atoms with Gasteiger partial charge in [0, 0.05) is 62.8 Å². The Morgan fingerprint density at radius 3 is 1.45 bits per heavy atom. The monoisotopic (exact) mass is 972 g/mol. The van der Waals surface area contributed by atoms with Crippen LogP contribution in [-0.4, -0.2) is 27.2 Å². The molecule has 4 aromatic carbocycles. The molecule has 0 saturated heterocycles. The molecule has 8 bridgehead atoms. The second kappa shape index (κ2) is 19.2. The predicted octanol–water partition coefficient (Wildman–Crippen LogP) is 15.0. The molecule has 4 aliphatic heterocycles. The minimum atomic E-state index is -0.796. The zero-order chi connectivity index (χ0) is 42.8. The third kappa shape index (κ3) is 7.97. The van der Waals surface area contributed by atoms with E-state index < -0.39 is 5.60 Å². The van der Waals surface area contributed by atoms with Crippen molar-refractivity contribution in [1.82, 2.24) is 0 Å². The molecule has 0 radical (unpaired) electrons. The van der Waals surface area contributed by atoms with Crippen LogP contribution in [0.15, 0.2) is 51.4 Å². The summed E-state index contributed by atoms with van der Waals surface area (Å²) < 4.78 is 55.1. The summed E-state index contributed by atoms with van der Waals surface area (Å²) >= 11 is 8.19. The van der Waals surface area contributed by atoms with Crippen LogP contribution in [0.1, 0.15) is 193 Å². The van der Waals surface area contributed by atoms with Gasteiger partial charge in [-0.3, -0.25) is 0 Å². The SMILES string of the molecule is CCCCCC1c2cc3ccc2OCOc2c1cc1c(c2Br)OCOc2cc4c(cc2C1CCCCC)C(CCCCC)c1cc2c(c(Br)c1OCO4)OCOC32CCCCC. The molecule has 4 atom stereocenters. The second-order valence-electron chi connectivity index (χ2n) is 17.7. The first-order chi connectivity index (χ1) is 30.4. The number of halogens is 2. The summed E-state index contributed by atoms with van der Waals surface area (Å²) in [6.45, 7) is 9.33. The van der Waals surface area contributed by atoms with Gasteiger partial charge in [0.05, 0.1) is 0 Å². The lowest BCUT2D eigenvalue weighted by molar-refractivity contribution is -0.115. The van der Waals surface area contributed by atoms with Crippen molar-refractivity contribution < 1.29 is 37.9 Å². The number of hydrogen-bond donors (Lipinski definition) is 0. The molecule has 0 spiro atoms. The van der Waals surface area contributed by atoms with Crippen LogP contribution in [0, 0.1) is 0 Å². The van der Waals surface area contributed by atoms with Crippen molar-refractivity contribution in [2.75, 3.05) is 27.2 Å². The Balaban J connectivity index is 1.41. The van der Waals surface area contributed by atoms with E-state index in [2.05, 4.69) is 102 Å². The minimum absolute atomic E-state index is 0.0174. The molecular weight excluding hydrogens is 912 g/mol. The van der Waals surface area contributed by atoms with Crippen molar-refractivity contribution in [3.05, 3.63) is 95.9 Å². The van der Waals surface area contributed by atoms with Gasteiger partial charge in [0.1, 0.15) is 54.8 Å². The molecule has 0 aromatic heterocycles. The first-order valence-corrected chi connectivity index (χ1v) is 25.1. The molecule has 4 aromatic rings. The molecular formula is C52H62Br2O8. The Bertz CT molecular complexity index is 2260. The topological polar surface area (TPSA) is 73.8 Å². The van der Waals surface area contributed by atoms with Gasteiger partial charge in [0.15, 0.2) is 6.79 Å². The lowest BCUT2D eigenvalue weighted by Crippen LogP contribution is -2.38. The van der Waals surface area contributed by atoms with Crippen LogP contribution in [0.5, 0.6) is 40.2 Å². The Morgan fingerprint density at radius 2 is 0.903 bits per heavy atom. The molecule has 8 nitrogen and oxygen atoms in total. The maximum atomic E-state index is 7.13. The Labute approximate surface area is 384 Å². The van der Waals surface area contributed by atoms with E-state index in [4.69, 9.17) is 37.9 Å². The maximum Gasteiger partial charge on any atom is 0.230 e.